The maximum absolute atomic E-state index is 9.01. The van der Waals surface area contributed by atoms with Crippen LogP contribution in [0.2, 0.25) is 0 Å². The van der Waals surface area contributed by atoms with Crippen LogP contribution in [0.25, 0.3) is 0 Å². The van der Waals surface area contributed by atoms with E-state index in [9.17, 15) is 0 Å². The average molecular weight is 267 g/mol. The first-order chi connectivity index (χ1) is 9.74. The van der Waals surface area contributed by atoms with Crippen molar-refractivity contribution in [1.82, 2.24) is 10.3 Å². The third kappa shape index (κ3) is 3.34. The molecule has 0 fully saturated rings. The van der Waals surface area contributed by atoms with Gasteiger partial charge in [0.2, 0.25) is 5.88 Å². The zero-order valence-electron chi connectivity index (χ0n) is 11.6. The molecule has 0 bridgehead atoms. The second-order valence-corrected chi connectivity index (χ2v) is 4.42. The van der Waals surface area contributed by atoms with E-state index in [0.717, 1.165) is 12.1 Å². The van der Waals surface area contributed by atoms with Crippen LogP contribution in [0.15, 0.2) is 42.6 Å². The Morgan fingerprint density at radius 1 is 1.30 bits per heavy atom. The fourth-order valence-electron chi connectivity index (χ4n) is 1.89. The lowest BCUT2D eigenvalue weighted by Crippen LogP contribution is -2.17. The second kappa shape index (κ2) is 6.69. The number of ether oxygens (including phenoxy) is 1. The summed E-state index contributed by atoms with van der Waals surface area (Å²) in [5.41, 5.74) is 1.60. The van der Waals surface area contributed by atoms with Crippen LogP contribution >= 0.6 is 0 Å². The van der Waals surface area contributed by atoms with Gasteiger partial charge in [-0.25, -0.2) is 4.98 Å². The molecule has 0 spiro atoms. The van der Waals surface area contributed by atoms with Gasteiger partial charge in [-0.3, -0.25) is 0 Å². The number of benzene rings is 1. The van der Waals surface area contributed by atoms with E-state index in [-0.39, 0.29) is 6.04 Å². The minimum atomic E-state index is 0.257. The quantitative estimate of drug-likeness (QED) is 0.901. The van der Waals surface area contributed by atoms with Crippen LogP contribution in [-0.2, 0) is 0 Å². The van der Waals surface area contributed by atoms with Gasteiger partial charge in [0.25, 0.3) is 0 Å². The van der Waals surface area contributed by atoms with Gasteiger partial charge in [0, 0.05) is 18.3 Å². The molecule has 0 aliphatic carbocycles. The van der Waals surface area contributed by atoms with Gasteiger partial charge in [-0.2, -0.15) is 5.26 Å². The highest BCUT2D eigenvalue weighted by Crippen LogP contribution is 2.24. The Hall–Kier alpha value is -2.38. The highest BCUT2D eigenvalue weighted by Gasteiger charge is 2.07. The van der Waals surface area contributed by atoms with E-state index in [1.54, 1.807) is 24.4 Å². The Bertz CT molecular complexity index is 602. The number of hydrogen-bond acceptors (Lipinski definition) is 4. The van der Waals surface area contributed by atoms with Gasteiger partial charge < -0.3 is 10.1 Å². The van der Waals surface area contributed by atoms with Crippen LogP contribution in [0.1, 0.15) is 31.0 Å². The van der Waals surface area contributed by atoms with Crippen molar-refractivity contribution < 1.29 is 4.74 Å². The van der Waals surface area contributed by atoms with Gasteiger partial charge in [0.1, 0.15) is 11.8 Å². The average Bonchev–Trinajstić information content (AvgIpc) is 2.49. The van der Waals surface area contributed by atoms with Gasteiger partial charge in [0.15, 0.2) is 0 Å². The van der Waals surface area contributed by atoms with E-state index in [2.05, 4.69) is 30.2 Å². The predicted molar refractivity (Wildman–Crippen MR) is 77.6 cm³/mol. The summed E-state index contributed by atoms with van der Waals surface area (Å²) in [5.74, 6) is 1.01. The van der Waals surface area contributed by atoms with Crippen molar-refractivity contribution in [3.63, 3.8) is 0 Å². The van der Waals surface area contributed by atoms with Gasteiger partial charge in [-0.1, -0.05) is 25.1 Å². The van der Waals surface area contributed by atoms with Gasteiger partial charge in [0.05, 0.1) is 5.56 Å². The van der Waals surface area contributed by atoms with Crippen molar-refractivity contribution >= 4 is 0 Å². The molecule has 1 atom stereocenters. The summed E-state index contributed by atoms with van der Waals surface area (Å²) in [6, 6.07) is 13.3. The fraction of sp³-hybridized carbons (Fsp3) is 0.250. The molecule has 2 aromatic rings. The number of aromatic nitrogens is 1. The number of nitrogens with zero attached hydrogens (tertiary/aromatic N) is 2. The van der Waals surface area contributed by atoms with Crippen molar-refractivity contribution in [2.75, 3.05) is 6.54 Å². The molecule has 0 aliphatic rings. The van der Waals surface area contributed by atoms with Crippen LogP contribution < -0.4 is 10.1 Å². The third-order valence-electron chi connectivity index (χ3n) is 2.99. The lowest BCUT2D eigenvalue weighted by molar-refractivity contribution is 0.460. The minimum absolute atomic E-state index is 0.257. The minimum Gasteiger partial charge on any atom is -0.438 e. The number of nitrogens with one attached hydrogen (secondary N) is 1. The molecule has 102 valence electrons. The standard InChI is InChI=1S/C16H17N3O/c1-3-18-12(2)14-8-9-16(19-11-14)20-15-7-5-4-6-13(15)10-17/h4-9,11-12,18H,3H2,1-2H3. The molecule has 4 heteroatoms. The molecule has 1 unspecified atom stereocenters. The largest absolute Gasteiger partial charge is 0.438 e. The van der Waals surface area contributed by atoms with Gasteiger partial charge in [-0.15, -0.1) is 0 Å². The van der Waals surface area contributed by atoms with Crippen molar-refractivity contribution in [2.45, 2.75) is 19.9 Å². The second-order valence-electron chi connectivity index (χ2n) is 4.42. The summed E-state index contributed by atoms with van der Waals surface area (Å²) >= 11 is 0. The molecule has 1 aromatic carbocycles. The van der Waals surface area contributed by atoms with E-state index < -0.39 is 0 Å². The summed E-state index contributed by atoms with van der Waals surface area (Å²) < 4.78 is 5.64. The Kier molecular flexibility index (Phi) is 4.70. The molecular weight excluding hydrogens is 250 g/mol. The third-order valence-corrected chi connectivity index (χ3v) is 2.99. The van der Waals surface area contributed by atoms with E-state index >= 15 is 0 Å². The van der Waals surface area contributed by atoms with Crippen LogP contribution in [0, 0.1) is 11.3 Å². The van der Waals surface area contributed by atoms with E-state index in [0.29, 0.717) is 17.2 Å². The number of pyridine rings is 1. The molecule has 2 rings (SSSR count). The van der Waals surface area contributed by atoms with E-state index in [4.69, 9.17) is 10.00 Å². The van der Waals surface area contributed by atoms with Crippen LogP contribution in [0.3, 0.4) is 0 Å². The zero-order valence-corrected chi connectivity index (χ0v) is 11.6. The molecule has 0 saturated heterocycles. The van der Waals surface area contributed by atoms with Crippen molar-refractivity contribution in [1.29, 1.82) is 5.26 Å². The Morgan fingerprint density at radius 2 is 2.10 bits per heavy atom. The Balaban J connectivity index is 2.13. The number of rotatable bonds is 5. The predicted octanol–water partition coefficient (Wildman–Crippen LogP) is 3.42. The smallest absolute Gasteiger partial charge is 0.219 e. The molecular formula is C16H17N3O. The summed E-state index contributed by atoms with van der Waals surface area (Å²) in [7, 11) is 0. The summed E-state index contributed by atoms with van der Waals surface area (Å²) in [6.45, 7) is 5.07. The monoisotopic (exact) mass is 267 g/mol. The van der Waals surface area contributed by atoms with Crippen molar-refractivity contribution in [3.8, 4) is 17.7 Å². The first kappa shape index (κ1) is 14.0. The van der Waals surface area contributed by atoms with Gasteiger partial charge >= 0.3 is 0 Å². The SMILES string of the molecule is CCNC(C)c1ccc(Oc2ccccc2C#N)nc1. The molecule has 20 heavy (non-hydrogen) atoms. The van der Waals surface area contributed by atoms with Crippen molar-refractivity contribution in [3.05, 3.63) is 53.7 Å². The fourth-order valence-corrected chi connectivity index (χ4v) is 1.89. The highest BCUT2D eigenvalue weighted by molar-refractivity contribution is 5.44. The molecule has 1 aromatic heterocycles. The molecule has 0 radical (unpaired) electrons. The summed E-state index contributed by atoms with van der Waals surface area (Å²) in [6.07, 6.45) is 1.79. The lowest BCUT2D eigenvalue weighted by Gasteiger charge is -2.12. The summed E-state index contributed by atoms with van der Waals surface area (Å²) in [4.78, 5) is 4.28. The topological polar surface area (TPSA) is 57.9 Å². The van der Waals surface area contributed by atoms with E-state index in [1.165, 1.54) is 0 Å². The van der Waals surface area contributed by atoms with Crippen LogP contribution in [0.4, 0.5) is 0 Å². The van der Waals surface area contributed by atoms with Crippen LogP contribution in [0.5, 0.6) is 11.6 Å². The van der Waals surface area contributed by atoms with Crippen LogP contribution in [-0.4, -0.2) is 11.5 Å². The van der Waals surface area contributed by atoms with Crippen molar-refractivity contribution in [2.24, 2.45) is 0 Å². The maximum Gasteiger partial charge on any atom is 0.219 e. The number of hydrogen-bond donors (Lipinski definition) is 1. The Morgan fingerprint density at radius 3 is 2.75 bits per heavy atom. The number of nitriles is 1. The summed E-state index contributed by atoms with van der Waals surface area (Å²) in [5, 5.41) is 12.3. The first-order valence-electron chi connectivity index (χ1n) is 6.61. The number of para-hydroxylation sites is 1. The molecule has 0 amide bonds. The molecule has 0 saturated carbocycles. The van der Waals surface area contributed by atoms with Gasteiger partial charge in [-0.05, 0) is 31.2 Å². The normalized spacial score (nSPS) is 11.7. The molecule has 1 N–H and O–H groups in total. The van der Waals surface area contributed by atoms with E-state index in [1.807, 2.05) is 18.2 Å². The lowest BCUT2D eigenvalue weighted by atomic mass is 10.1. The maximum atomic E-state index is 9.01. The zero-order chi connectivity index (χ0) is 14.4. The molecule has 0 aliphatic heterocycles. The Labute approximate surface area is 119 Å². The molecule has 4 nitrogen and oxygen atoms in total. The highest BCUT2D eigenvalue weighted by atomic mass is 16.5. The molecule has 1 heterocycles. The first-order valence-corrected chi connectivity index (χ1v) is 6.61.